The molecular formula is C35H33N3O3S. The Labute approximate surface area is 249 Å². The lowest BCUT2D eigenvalue weighted by molar-refractivity contribution is 0.0526. The first-order valence-corrected chi connectivity index (χ1v) is 15.2. The Morgan fingerprint density at radius 3 is 2.50 bits per heavy atom. The second-order valence-corrected chi connectivity index (χ2v) is 11.6. The van der Waals surface area contributed by atoms with Crippen LogP contribution in [0.15, 0.2) is 83.9 Å². The number of hydrogen-bond acceptors (Lipinski definition) is 5. The molecule has 0 aliphatic heterocycles. The van der Waals surface area contributed by atoms with Crippen molar-refractivity contribution in [3.8, 4) is 0 Å². The zero-order valence-corrected chi connectivity index (χ0v) is 24.7. The molecule has 0 saturated carbocycles. The minimum atomic E-state index is -0.308. The molecule has 0 atom stereocenters. The molecule has 0 bridgehead atoms. The van der Waals surface area contributed by atoms with E-state index in [1.807, 2.05) is 72.9 Å². The monoisotopic (exact) mass is 575 g/mol. The van der Waals surface area contributed by atoms with Crippen molar-refractivity contribution in [1.82, 2.24) is 4.57 Å². The molecule has 212 valence electrons. The standard InChI is InChI=1S/C35H33N3O3S/c1-3-41-35(40)25-19-17-24(18-20-25)22-38-23(2)29(27-13-7-9-15-30(27)38)21-36-34-32(28-14-8-10-16-31(28)42-34)33(39)37-26-11-5-4-6-12-26/h4-7,9,11-13,15,17-21H,3,8,10,14,16,22H2,1-2H3,(H,37,39). The van der Waals surface area contributed by atoms with E-state index >= 15 is 0 Å². The van der Waals surface area contributed by atoms with Gasteiger partial charge in [0.05, 0.1) is 17.7 Å². The molecule has 1 N–H and O–H groups in total. The molecule has 1 amide bonds. The fourth-order valence-electron chi connectivity index (χ4n) is 5.68. The lowest BCUT2D eigenvalue weighted by Gasteiger charge is -2.12. The molecule has 2 aromatic heterocycles. The predicted molar refractivity (Wildman–Crippen MR) is 171 cm³/mol. The molecule has 1 aliphatic carbocycles. The lowest BCUT2D eigenvalue weighted by Crippen LogP contribution is -2.14. The van der Waals surface area contributed by atoms with Crippen molar-refractivity contribution in [1.29, 1.82) is 0 Å². The summed E-state index contributed by atoms with van der Waals surface area (Å²) in [6, 6.07) is 25.5. The molecule has 0 unspecified atom stereocenters. The van der Waals surface area contributed by atoms with E-state index in [0.717, 1.165) is 69.7 Å². The summed E-state index contributed by atoms with van der Waals surface area (Å²) in [7, 11) is 0. The zero-order chi connectivity index (χ0) is 29.1. The van der Waals surface area contributed by atoms with Crippen molar-refractivity contribution in [2.75, 3.05) is 11.9 Å². The first kappa shape index (κ1) is 27.7. The number of amides is 1. The van der Waals surface area contributed by atoms with E-state index in [-0.39, 0.29) is 11.9 Å². The smallest absolute Gasteiger partial charge is 0.338 e. The van der Waals surface area contributed by atoms with Gasteiger partial charge in [-0.25, -0.2) is 9.79 Å². The predicted octanol–water partition coefficient (Wildman–Crippen LogP) is 8.12. The third-order valence-corrected chi connectivity index (χ3v) is 9.01. The summed E-state index contributed by atoms with van der Waals surface area (Å²) >= 11 is 1.64. The Morgan fingerprint density at radius 1 is 0.976 bits per heavy atom. The second kappa shape index (κ2) is 12.2. The maximum absolute atomic E-state index is 13.6. The number of carbonyl (C=O) groups is 2. The number of ether oxygens (including phenoxy) is 1. The number of aryl methyl sites for hydroxylation is 1. The summed E-state index contributed by atoms with van der Waals surface area (Å²) < 4.78 is 7.40. The van der Waals surface area contributed by atoms with E-state index in [9.17, 15) is 9.59 Å². The molecule has 42 heavy (non-hydrogen) atoms. The van der Waals surface area contributed by atoms with Crippen LogP contribution in [0, 0.1) is 6.92 Å². The van der Waals surface area contributed by atoms with Gasteiger partial charge in [-0.1, -0.05) is 48.5 Å². The highest BCUT2D eigenvalue weighted by Crippen LogP contribution is 2.40. The van der Waals surface area contributed by atoms with Crippen LogP contribution in [-0.2, 0) is 24.1 Å². The normalized spacial score (nSPS) is 12.9. The third kappa shape index (κ3) is 5.52. The lowest BCUT2D eigenvalue weighted by atomic mass is 9.95. The molecule has 6 nitrogen and oxygen atoms in total. The number of esters is 1. The number of fused-ring (bicyclic) bond motifs is 2. The molecule has 0 saturated heterocycles. The quantitative estimate of drug-likeness (QED) is 0.150. The summed E-state index contributed by atoms with van der Waals surface area (Å²) in [6.45, 7) is 4.92. The molecule has 0 fully saturated rings. The average Bonchev–Trinajstić information content (AvgIpc) is 3.51. The van der Waals surface area contributed by atoms with Gasteiger partial charge in [0.25, 0.3) is 5.91 Å². The van der Waals surface area contributed by atoms with E-state index in [2.05, 4.69) is 28.9 Å². The summed E-state index contributed by atoms with van der Waals surface area (Å²) in [5.41, 5.74) is 7.51. The SMILES string of the molecule is CCOC(=O)c1ccc(Cn2c(C)c(C=Nc3sc4c(c3C(=O)Nc3ccccc3)CCCC4)c3ccccc32)cc1. The molecule has 2 heterocycles. The summed E-state index contributed by atoms with van der Waals surface area (Å²) in [5.74, 6) is -0.407. The largest absolute Gasteiger partial charge is 0.462 e. The van der Waals surface area contributed by atoms with E-state index in [0.29, 0.717) is 24.3 Å². The van der Waals surface area contributed by atoms with E-state index in [1.165, 1.54) is 4.88 Å². The average molecular weight is 576 g/mol. The van der Waals surface area contributed by atoms with Crippen LogP contribution in [0.5, 0.6) is 0 Å². The molecule has 6 rings (SSSR count). The second-order valence-electron chi connectivity index (χ2n) is 10.5. The maximum atomic E-state index is 13.6. The fourth-order valence-corrected chi connectivity index (χ4v) is 6.91. The van der Waals surface area contributed by atoms with Crippen LogP contribution in [0.25, 0.3) is 10.9 Å². The number of para-hydroxylation sites is 2. The Bertz CT molecular complexity index is 1780. The van der Waals surface area contributed by atoms with Crippen molar-refractivity contribution in [3.63, 3.8) is 0 Å². The number of nitrogens with one attached hydrogen (secondary N) is 1. The zero-order valence-electron chi connectivity index (χ0n) is 23.9. The molecule has 0 radical (unpaired) electrons. The first-order chi connectivity index (χ1) is 20.5. The van der Waals surface area contributed by atoms with E-state index in [1.54, 1.807) is 18.3 Å². The number of carbonyl (C=O) groups excluding carboxylic acids is 2. The van der Waals surface area contributed by atoms with Gasteiger partial charge in [-0.15, -0.1) is 11.3 Å². The van der Waals surface area contributed by atoms with Gasteiger partial charge < -0.3 is 14.6 Å². The van der Waals surface area contributed by atoms with Gasteiger partial charge in [-0.05, 0) is 81.0 Å². The van der Waals surface area contributed by atoms with Crippen molar-refractivity contribution >= 4 is 51.0 Å². The number of hydrogen-bond donors (Lipinski definition) is 1. The number of nitrogens with zero attached hydrogens (tertiary/aromatic N) is 2. The van der Waals surface area contributed by atoms with Crippen molar-refractivity contribution in [2.24, 2.45) is 4.99 Å². The number of anilines is 1. The van der Waals surface area contributed by atoms with Crippen LogP contribution in [0.1, 0.15) is 67.7 Å². The molecule has 0 spiro atoms. The topological polar surface area (TPSA) is 72.7 Å². The fraction of sp³-hybridized carbons (Fsp3) is 0.229. The maximum Gasteiger partial charge on any atom is 0.338 e. The Kier molecular flexibility index (Phi) is 8.02. The van der Waals surface area contributed by atoms with Gasteiger partial charge in [0.15, 0.2) is 0 Å². The summed E-state index contributed by atoms with van der Waals surface area (Å²) in [4.78, 5) is 31.9. The minimum Gasteiger partial charge on any atom is -0.462 e. The Balaban J connectivity index is 1.34. The molecule has 5 aromatic rings. The van der Waals surface area contributed by atoms with Crippen LogP contribution in [0.3, 0.4) is 0 Å². The van der Waals surface area contributed by atoms with Gasteiger partial charge in [-0.2, -0.15) is 0 Å². The minimum absolute atomic E-state index is 0.0989. The number of rotatable bonds is 8. The number of thiophene rings is 1. The molecule has 1 aliphatic rings. The summed E-state index contributed by atoms with van der Waals surface area (Å²) in [6.07, 6.45) is 6.06. The molecular weight excluding hydrogens is 542 g/mol. The molecule has 7 heteroatoms. The van der Waals surface area contributed by atoms with Gasteiger partial charge in [0.2, 0.25) is 0 Å². The highest BCUT2D eigenvalue weighted by atomic mass is 32.1. The van der Waals surface area contributed by atoms with Gasteiger partial charge in [0.1, 0.15) is 5.00 Å². The van der Waals surface area contributed by atoms with Crippen LogP contribution in [0.2, 0.25) is 0 Å². The number of aliphatic imine (C=N–C) groups is 1. The Hall–Kier alpha value is -4.49. The van der Waals surface area contributed by atoms with Gasteiger partial charge in [-0.3, -0.25) is 4.79 Å². The third-order valence-electron chi connectivity index (χ3n) is 7.81. The van der Waals surface area contributed by atoms with Crippen LogP contribution < -0.4 is 5.32 Å². The summed E-state index contributed by atoms with van der Waals surface area (Å²) in [5, 5.41) is 4.96. The van der Waals surface area contributed by atoms with Crippen molar-refractivity contribution in [3.05, 3.63) is 117 Å². The highest BCUT2D eigenvalue weighted by molar-refractivity contribution is 7.16. The van der Waals surface area contributed by atoms with Gasteiger partial charge >= 0.3 is 5.97 Å². The van der Waals surface area contributed by atoms with Crippen LogP contribution in [-0.4, -0.2) is 29.3 Å². The molecule has 3 aromatic carbocycles. The first-order valence-electron chi connectivity index (χ1n) is 14.4. The van der Waals surface area contributed by atoms with E-state index < -0.39 is 0 Å². The Morgan fingerprint density at radius 2 is 1.71 bits per heavy atom. The van der Waals surface area contributed by atoms with Crippen LogP contribution >= 0.6 is 11.3 Å². The van der Waals surface area contributed by atoms with E-state index in [4.69, 9.17) is 9.73 Å². The number of aromatic nitrogens is 1. The van der Waals surface area contributed by atoms with Crippen molar-refractivity contribution in [2.45, 2.75) is 46.1 Å². The van der Waals surface area contributed by atoms with Crippen LogP contribution in [0.4, 0.5) is 10.7 Å². The highest BCUT2D eigenvalue weighted by Gasteiger charge is 2.25. The number of benzene rings is 3. The van der Waals surface area contributed by atoms with Crippen molar-refractivity contribution < 1.29 is 14.3 Å². The van der Waals surface area contributed by atoms with Gasteiger partial charge in [0, 0.05) is 45.5 Å².